The van der Waals surface area contributed by atoms with E-state index in [9.17, 15) is 9.59 Å². The maximum Gasteiger partial charge on any atom is 0.317 e. The molecule has 5 heteroatoms. The summed E-state index contributed by atoms with van der Waals surface area (Å²) in [5.41, 5.74) is 0.322. The highest BCUT2D eigenvalue weighted by Crippen LogP contribution is 2.29. The summed E-state index contributed by atoms with van der Waals surface area (Å²) in [6.45, 7) is -0.0944. The second-order valence-electron chi connectivity index (χ2n) is 3.21. The lowest BCUT2D eigenvalue weighted by molar-refractivity contribution is -0.141. The Kier molecular flexibility index (Phi) is 2.48. The molecule has 1 atom stereocenters. The first kappa shape index (κ1) is 10.2. The molecule has 0 unspecified atom stereocenters. The van der Waals surface area contributed by atoms with E-state index in [1.807, 2.05) is 0 Å². The van der Waals surface area contributed by atoms with Gasteiger partial charge in [0, 0.05) is 4.47 Å². The molecule has 0 aliphatic carbocycles. The normalized spacial score (nSPS) is 19.3. The van der Waals surface area contributed by atoms with Gasteiger partial charge in [-0.25, -0.2) is 0 Å². The Morgan fingerprint density at radius 1 is 1.53 bits per heavy atom. The van der Waals surface area contributed by atoms with Crippen molar-refractivity contribution in [2.24, 2.45) is 5.92 Å². The van der Waals surface area contributed by atoms with Crippen molar-refractivity contribution in [2.45, 2.75) is 0 Å². The molecule has 78 valence electrons. The number of Topliss-reactive ketones (excluding diaryl/α,β-unsaturated/α-hetero) is 1. The van der Waals surface area contributed by atoms with Gasteiger partial charge in [0.1, 0.15) is 12.4 Å². The number of benzene rings is 1. The molecule has 2 rings (SSSR count). The number of carbonyl (C=O) groups is 2. The predicted molar refractivity (Wildman–Crippen MR) is 55.1 cm³/mol. The Morgan fingerprint density at radius 2 is 2.27 bits per heavy atom. The third-order valence-electron chi connectivity index (χ3n) is 2.23. The van der Waals surface area contributed by atoms with Crippen molar-refractivity contribution >= 4 is 27.7 Å². The molecule has 0 saturated carbocycles. The second kappa shape index (κ2) is 3.66. The van der Waals surface area contributed by atoms with Crippen molar-refractivity contribution in [1.29, 1.82) is 0 Å². The van der Waals surface area contributed by atoms with Gasteiger partial charge in [-0.15, -0.1) is 0 Å². The fourth-order valence-corrected chi connectivity index (χ4v) is 1.80. The number of hydrogen-bond donors (Lipinski definition) is 1. The van der Waals surface area contributed by atoms with Crippen LogP contribution in [-0.2, 0) is 4.79 Å². The smallest absolute Gasteiger partial charge is 0.317 e. The summed E-state index contributed by atoms with van der Waals surface area (Å²) in [6, 6.07) is 4.97. The van der Waals surface area contributed by atoms with Gasteiger partial charge >= 0.3 is 5.97 Å². The lowest BCUT2D eigenvalue weighted by Crippen LogP contribution is -2.33. The van der Waals surface area contributed by atoms with Gasteiger partial charge in [0.2, 0.25) is 0 Å². The number of ketones is 1. The highest BCUT2D eigenvalue weighted by Gasteiger charge is 2.34. The van der Waals surface area contributed by atoms with E-state index in [-0.39, 0.29) is 6.61 Å². The monoisotopic (exact) mass is 270 g/mol. The minimum absolute atomic E-state index is 0.0944. The Morgan fingerprint density at radius 3 is 2.93 bits per heavy atom. The average molecular weight is 271 g/mol. The van der Waals surface area contributed by atoms with Crippen LogP contribution in [0.1, 0.15) is 10.4 Å². The molecular weight excluding hydrogens is 264 g/mol. The number of aliphatic carboxylic acids is 1. The maximum atomic E-state index is 11.7. The predicted octanol–water partition coefficient (Wildman–Crippen LogP) is 1.73. The lowest BCUT2D eigenvalue weighted by atomic mass is 9.95. The van der Waals surface area contributed by atoms with E-state index in [2.05, 4.69) is 15.9 Å². The van der Waals surface area contributed by atoms with E-state index in [1.54, 1.807) is 18.2 Å². The molecular formula is C10H7BrO4. The fourth-order valence-electron chi connectivity index (χ4n) is 1.44. The van der Waals surface area contributed by atoms with Gasteiger partial charge in [0.05, 0.1) is 5.56 Å². The Balaban J connectivity index is 2.45. The van der Waals surface area contributed by atoms with E-state index < -0.39 is 17.7 Å². The third-order valence-corrected chi connectivity index (χ3v) is 2.72. The molecule has 0 spiro atoms. The Bertz CT molecular complexity index is 441. The van der Waals surface area contributed by atoms with E-state index in [0.717, 1.165) is 4.47 Å². The third kappa shape index (κ3) is 1.74. The van der Waals surface area contributed by atoms with Crippen LogP contribution in [0.5, 0.6) is 5.75 Å². The maximum absolute atomic E-state index is 11.7. The number of halogens is 1. The van der Waals surface area contributed by atoms with Crippen LogP contribution in [0.3, 0.4) is 0 Å². The van der Waals surface area contributed by atoms with Crippen LogP contribution in [-0.4, -0.2) is 23.5 Å². The first-order valence-electron chi connectivity index (χ1n) is 4.29. The zero-order valence-corrected chi connectivity index (χ0v) is 9.15. The van der Waals surface area contributed by atoms with Crippen molar-refractivity contribution in [3.8, 4) is 5.75 Å². The summed E-state index contributed by atoms with van der Waals surface area (Å²) in [5, 5.41) is 8.79. The van der Waals surface area contributed by atoms with E-state index >= 15 is 0 Å². The minimum atomic E-state index is -1.15. The highest BCUT2D eigenvalue weighted by atomic mass is 79.9. The number of carboxylic acids is 1. The molecule has 1 aromatic carbocycles. The van der Waals surface area contributed by atoms with Gasteiger partial charge in [-0.3, -0.25) is 9.59 Å². The number of carbonyl (C=O) groups excluding carboxylic acids is 1. The number of carboxylic acid groups (broad SMARTS) is 1. The average Bonchev–Trinajstić information content (AvgIpc) is 2.19. The number of hydrogen-bond acceptors (Lipinski definition) is 3. The lowest BCUT2D eigenvalue weighted by Gasteiger charge is -2.21. The van der Waals surface area contributed by atoms with Crippen molar-refractivity contribution in [1.82, 2.24) is 0 Å². The molecule has 0 fully saturated rings. The van der Waals surface area contributed by atoms with Crippen LogP contribution in [0.2, 0.25) is 0 Å². The molecule has 0 bridgehead atoms. The molecule has 1 aromatic rings. The quantitative estimate of drug-likeness (QED) is 0.790. The molecule has 1 N–H and O–H groups in total. The van der Waals surface area contributed by atoms with Crippen LogP contribution in [0.15, 0.2) is 22.7 Å². The molecule has 1 aliphatic heterocycles. The van der Waals surface area contributed by atoms with E-state index in [0.29, 0.717) is 11.3 Å². The zero-order chi connectivity index (χ0) is 11.0. The summed E-state index contributed by atoms with van der Waals surface area (Å²) in [5.74, 6) is -2.19. The summed E-state index contributed by atoms with van der Waals surface area (Å²) in [7, 11) is 0. The van der Waals surface area contributed by atoms with E-state index in [1.165, 1.54) is 0 Å². The van der Waals surface area contributed by atoms with Crippen LogP contribution in [0.25, 0.3) is 0 Å². The second-order valence-corrected chi connectivity index (χ2v) is 4.12. The molecule has 0 aromatic heterocycles. The Labute approximate surface area is 94.0 Å². The van der Waals surface area contributed by atoms with Crippen molar-refractivity contribution in [3.05, 3.63) is 28.2 Å². The molecule has 4 nitrogen and oxygen atoms in total. The first-order valence-corrected chi connectivity index (χ1v) is 5.08. The topological polar surface area (TPSA) is 63.6 Å². The van der Waals surface area contributed by atoms with Crippen LogP contribution in [0, 0.1) is 5.92 Å². The van der Waals surface area contributed by atoms with Crippen LogP contribution < -0.4 is 4.74 Å². The van der Waals surface area contributed by atoms with Crippen LogP contribution >= 0.6 is 15.9 Å². The SMILES string of the molecule is O=C(O)[C@@H]1COc2ccc(Br)cc2C1=O. The van der Waals surface area contributed by atoms with Crippen LogP contribution in [0.4, 0.5) is 0 Å². The minimum Gasteiger partial charge on any atom is -0.491 e. The number of ether oxygens (including phenoxy) is 1. The number of fused-ring (bicyclic) bond motifs is 1. The van der Waals surface area contributed by atoms with Crippen molar-refractivity contribution in [2.75, 3.05) is 6.61 Å². The molecule has 0 radical (unpaired) electrons. The van der Waals surface area contributed by atoms with Gasteiger partial charge in [-0.2, -0.15) is 0 Å². The molecule has 0 saturated heterocycles. The van der Waals surface area contributed by atoms with Gasteiger partial charge < -0.3 is 9.84 Å². The summed E-state index contributed by atoms with van der Waals surface area (Å²) in [4.78, 5) is 22.5. The molecule has 1 aliphatic rings. The standard InChI is InChI=1S/C10H7BrO4/c11-5-1-2-8-6(3-5)9(12)7(4-15-8)10(13)14/h1-3,7H,4H2,(H,13,14)/t7-/m1/s1. The zero-order valence-electron chi connectivity index (χ0n) is 7.57. The van der Waals surface area contributed by atoms with Gasteiger partial charge in [-0.1, -0.05) is 15.9 Å². The van der Waals surface area contributed by atoms with Crippen molar-refractivity contribution in [3.63, 3.8) is 0 Å². The van der Waals surface area contributed by atoms with Crippen molar-refractivity contribution < 1.29 is 19.4 Å². The van der Waals surface area contributed by atoms with Gasteiger partial charge in [-0.05, 0) is 18.2 Å². The summed E-state index contributed by atoms with van der Waals surface area (Å²) in [6.07, 6.45) is 0. The molecule has 1 heterocycles. The summed E-state index contributed by atoms with van der Waals surface area (Å²) < 4.78 is 5.93. The molecule has 15 heavy (non-hydrogen) atoms. The largest absolute Gasteiger partial charge is 0.491 e. The Hall–Kier alpha value is -1.36. The first-order chi connectivity index (χ1) is 7.09. The highest BCUT2D eigenvalue weighted by molar-refractivity contribution is 9.10. The van der Waals surface area contributed by atoms with Gasteiger partial charge in [0.15, 0.2) is 11.7 Å². The molecule has 0 amide bonds. The fraction of sp³-hybridized carbons (Fsp3) is 0.200. The number of rotatable bonds is 1. The van der Waals surface area contributed by atoms with Gasteiger partial charge in [0.25, 0.3) is 0 Å². The summed E-state index contributed by atoms with van der Waals surface area (Å²) >= 11 is 3.22. The van der Waals surface area contributed by atoms with E-state index in [4.69, 9.17) is 9.84 Å².